The van der Waals surface area contributed by atoms with Crippen molar-refractivity contribution in [2.75, 3.05) is 38.8 Å². The zero-order valence-corrected chi connectivity index (χ0v) is 10.3. The van der Waals surface area contributed by atoms with Crippen LogP contribution in [0, 0.1) is 0 Å². The molecule has 0 saturated carbocycles. The lowest BCUT2D eigenvalue weighted by Crippen LogP contribution is -2.13. The van der Waals surface area contributed by atoms with E-state index in [1.165, 1.54) is 12.4 Å². The second-order valence-corrected chi connectivity index (χ2v) is 3.44. The molecule has 1 aromatic heterocycles. The highest BCUT2D eigenvalue weighted by Crippen LogP contribution is 2.07. The van der Waals surface area contributed by atoms with Crippen LogP contribution in [0.2, 0.25) is 0 Å². The summed E-state index contributed by atoms with van der Waals surface area (Å²) in [5.74, 6) is -0.816. The third-order valence-corrected chi connectivity index (χ3v) is 2.09. The van der Waals surface area contributed by atoms with Crippen molar-refractivity contribution in [2.24, 2.45) is 0 Å². The largest absolute Gasteiger partial charge is 0.476 e. The molecule has 0 saturated heterocycles. The lowest BCUT2D eigenvalue weighted by atomic mass is 10.4. The van der Waals surface area contributed by atoms with Gasteiger partial charge in [0, 0.05) is 32.7 Å². The molecule has 1 aromatic rings. The molecule has 0 aromatic carbocycles. The number of aromatic nitrogens is 2. The number of nitrogens with zero attached hydrogens (tertiary/aromatic N) is 2. The van der Waals surface area contributed by atoms with Gasteiger partial charge in [-0.15, -0.1) is 0 Å². The fraction of sp³-hybridized carbons (Fsp3) is 0.545. The van der Waals surface area contributed by atoms with Gasteiger partial charge in [-0.1, -0.05) is 0 Å². The van der Waals surface area contributed by atoms with Gasteiger partial charge in [0.05, 0.1) is 13.2 Å². The number of methoxy groups -OCH3 is 1. The Labute approximate surface area is 105 Å². The number of ether oxygens (including phenoxy) is 2. The van der Waals surface area contributed by atoms with E-state index < -0.39 is 5.97 Å². The van der Waals surface area contributed by atoms with Crippen LogP contribution in [0.5, 0.6) is 0 Å². The summed E-state index contributed by atoms with van der Waals surface area (Å²) in [6, 6.07) is 0. The van der Waals surface area contributed by atoms with Gasteiger partial charge >= 0.3 is 5.97 Å². The molecular weight excluding hydrogens is 238 g/mol. The summed E-state index contributed by atoms with van der Waals surface area (Å²) in [7, 11) is 1.62. The molecular formula is C11H17N3O4. The lowest BCUT2D eigenvalue weighted by Gasteiger charge is -2.07. The minimum atomic E-state index is -1.10. The van der Waals surface area contributed by atoms with Crippen LogP contribution in [0.3, 0.4) is 0 Å². The fourth-order valence-corrected chi connectivity index (χ4v) is 1.25. The molecule has 0 amide bonds. The maximum absolute atomic E-state index is 10.8. The molecule has 0 aliphatic rings. The van der Waals surface area contributed by atoms with Gasteiger partial charge in [0.2, 0.25) is 0 Å². The maximum Gasteiger partial charge on any atom is 0.358 e. The molecule has 0 atom stereocenters. The number of nitrogens with one attached hydrogen (secondary N) is 1. The van der Waals surface area contributed by atoms with Crippen molar-refractivity contribution in [1.29, 1.82) is 0 Å². The Hall–Kier alpha value is -1.73. The zero-order valence-electron chi connectivity index (χ0n) is 10.3. The molecule has 100 valence electrons. The van der Waals surface area contributed by atoms with Gasteiger partial charge < -0.3 is 19.9 Å². The van der Waals surface area contributed by atoms with Crippen LogP contribution < -0.4 is 5.32 Å². The van der Waals surface area contributed by atoms with Crippen molar-refractivity contribution >= 4 is 11.8 Å². The van der Waals surface area contributed by atoms with E-state index in [1.54, 1.807) is 7.11 Å². The lowest BCUT2D eigenvalue weighted by molar-refractivity contribution is 0.0690. The smallest absolute Gasteiger partial charge is 0.358 e. The van der Waals surface area contributed by atoms with Gasteiger partial charge in [-0.25, -0.2) is 14.8 Å². The van der Waals surface area contributed by atoms with Crippen LogP contribution >= 0.6 is 0 Å². The highest BCUT2D eigenvalue weighted by atomic mass is 16.5. The predicted molar refractivity (Wildman–Crippen MR) is 64.8 cm³/mol. The summed E-state index contributed by atoms with van der Waals surface area (Å²) in [6.45, 7) is 2.29. The molecule has 0 aliphatic carbocycles. The molecule has 2 N–H and O–H groups in total. The molecule has 1 heterocycles. The molecule has 0 radical (unpaired) electrons. The van der Waals surface area contributed by atoms with Crippen molar-refractivity contribution < 1.29 is 19.4 Å². The average molecular weight is 255 g/mol. The average Bonchev–Trinajstić information content (AvgIpc) is 2.38. The van der Waals surface area contributed by atoms with Gasteiger partial charge in [-0.05, 0) is 6.42 Å². The highest BCUT2D eigenvalue weighted by Gasteiger charge is 2.11. The van der Waals surface area contributed by atoms with Crippen LogP contribution in [0.25, 0.3) is 0 Å². The summed E-state index contributed by atoms with van der Waals surface area (Å²) in [6.07, 6.45) is 3.55. The van der Waals surface area contributed by atoms with Gasteiger partial charge in [-0.2, -0.15) is 0 Å². The normalized spacial score (nSPS) is 10.3. The predicted octanol–water partition coefficient (Wildman–Crippen LogP) is 0.640. The van der Waals surface area contributed by atoms with Crippen LogP contribution in [-0.4, -0.2) is 54.5 Å². The van der Waals surface area contributed by atoms with Crippen molar-refractivity contribution in [1.82, 2.24) is 9.97 Å². The van der Waals surface area contributed by atoms with E-state index in [1.807, 2.05) is 0 Å². The maximum atomic E-state index is 10.8. The number of aromatic carboxylic acids is 1. The molecule has 0 aliphatic heterocycles. The van der Waals surface area contributed by atoms with E-state index in [0.29, 0.717) is 26.4 Å². The number of hydrogen-bond donors (Lipinski definition) is 2. The first-order valence-electron chi connectivity index (χ1n) is 5.60. The molecule has 0 fully saturated rings. The van der Waals surface area contributed by atoms with E-state index in [0.717, 1.165) is 6.42 Å². The monoisotopic (exact) mass is 255 g/mol. The number of anilines is 1. The topological polar surface area (TPSA) is 93.6 Å². The molecule has 0 unspecified atom stereocenters. The molecule has 0 spiro atoms. The number of carbonyl (C=O) groups is 1. The van der Waals surface area contributed by atoms with Crippen molar-refractivity contribution in [3.05, 3.63) is 18.1 Å². The Morgan fingerprint density at radius 1 is 1.33 bits per heavy atom. The Bertz CT molecular complexity index is 373. The minimum absolute atomic E-state index is 0.0715. The van der Waals surface area contributed by atoms with E-state index in [2.05, 4.69) is 15.3 Å². The summed E-state index contributed by atoms with van der Waals surface area (Å²) in [5, 5.41) is 11.8. The van der Waals surface area contributed by atoms with Gasteiger partial charge in [0.25, 0.3) is 0 Å². The number of carboxylic acid groups (broad SMARTS) is 1. The van der Waals surface area contributed by atoms with Gasteiger partial charge in [0.15, 0.2) is 11.5 Å². The van der Waals surface area contributed by atoms with Crippen molar-refractivity contribution in [3.8, 4) is 0 Å². The quantitative estimate of drug-likeness (QED) is 0.625. The third-order valence-electron chi connectivity index (χ3n) is 2.09. The van der Waals surface area contributed by atoms with Gasteiger partial charge in [-0.3, -0.25) is 0 Å². The molecule has 18 heavy (non-hydrogen) atoms. The summed E-state index contributed by atoms with van der Waals surface area (Å²) in [5.41, 5.74) is -0.0715. The Morgan fingerprint density at radius 3 is 2.83 bits per heavy atom. The minimum Gasteiger partial charge on any atom is -0.476 e. The van der Waals surface area contributed by atoms with Crippen molar-refractivity contribution in [2.45, 2.75) is 6.42 Å². The van der Waals surface area contributed by atoms with Crippen LogP contribution in [-0.2, 0) is 9.47 Å². The van der Waals surface area contributed by atoms with E-state index in [4.69, 9.17) is 14.6 Å². The van der Waals surface area contributed by atoms with Crippen LogP contribution in [0.15, 0.2) is 12.4 Å². The molecule has 1 rings (SSSR count). The molecule has 0 bridgehead atoms. The molecule has 7 heteroatoms. The van der Waals surface area contributed by atoms with E-state index >= 15 is 0 Å². The first kappa shape index (κ1) is 14.3. The Morgan fingerprint density at radius 2 is 2.11 bits per heavy atom. The Balaban J connectivity index is 2.25. The first-order chi connectivity index (χ1) is 8.75. The Kier molecular flexibility index (Phi) is 6.67. The highest BCUT2D eigenvalue weighted by molar-refractivity contribution is 5.90. The second kappa shape index (κ2) is 8.37. The number of hydrogen-bond acceptors (Lipinski definition) is 6. The summed E-state index contributed by atoms with van der Waals surface area (Å²) < 4.78 is 10.1. The number of rotatable bonds is 9. The third kappa shape index (κ3) is 5.07. The molecule has 7 nitrogen and oxygen atoms in total. The standard InChI is InChI=1S/C11H17N3O4/c1-17-7-8-18-6-2-3-13-10-9(11(15)16)12-4-5-14-10/h4-5H,2-3,6-8H2,1H3,(H,13,14)(H,15,16). The van der Waals surface area contributed by atoms with Crippen LogP contribution in [0.4, 0.5) is 5.82 Å². The van der Waals surface area contributed by atoms with Crippen LogP contribution in [0.1, 0.15) is 16.9 Å². The SMILES string of the molecule is COCCOCCCNc1nccnc1C(=O)O. The van der Waals surface area contributed by atoms with E-state index in [-0.39, 0.29) is 11.5 Å². The van der Waals surface area contributed by atoms with Crippen molar-refractivity contribution in [3.63, 3.8) is 0 Å². The first-order valence-corrected chi connectivity index (χ1v) is 5.60. The second-order valence-electron chi connectivity index (χ2n) is 3.44. The fourth-order valence-electron chi connectivity index (χ4n) is 1.25. The summed E-state index contributed by atoms with van der Waals surface area (Å²) in [4.78, 5) is 18.5. The van der Waals surface area contributed by atoms with E-state index in [9.17, 15) is 4.79 Å². The summed E-state index contributed by atoms with van der Waals surface area (Å²) >= 11 is 0. The zero-order chi connectivity index (χ0) is 13.2. The van der Waals surface area contributed by atoms with Gasteiger partial charge in [0.1, 0.15) is 0 Å². The number of carboxylic acids is 1.